The molecule has 2 aliphatic rings. The molecule has 7 nitrogen and oxygen atoms in total. The zero-order chi connectivity index (χ0) is 22.1. The number of halogens is 1. The first-order valence-corrected chi connectivity index (χ1v) is 11.7. The van der Waals surface area contributed by atoms with Crippen LogP contribution in [0.3, 0.4) is 0 Å². The van der Waals surface area contributed by atoms with Crippen LogP contribution in [0.2, 0.25) is 0 Å². The van der Waals surface area contributed by atoms with E-state index in [9.17, 15) is 0 Å². The third-order valence-electron chi connectivity index (χ3n) is 6.14. The normalized spacial score (nSPS) is 18.2. The average Bonchev–Trinajstić information content (AvgIpc) is 3.30. The number of ether oxygens (including phenoxy) is 3. The Morgan fingerprint density at radius 3 is 2.53 bits per heavy atom. The van der Waals surface area contributed by atoms with Crippen LogP contribution in [-0.2, 0) is 11.3 Å². The number of hydrogen-bond donors (Lipinski definition) is 2. The number of aliphatic imine (C=N–C) groups is 1. The zero-order valence-corrected chi connectivity index (χ0v) is 22.4. The number of guanidine groups is 1. The summed E-state index contributed by atoms with van der Waals surface area (Å²) in [4.78, 5) is 7.27. The van der Waals surface area contributed by atoms with E-state index in [4.69, 9.17) is 19.2 Å². The highest BCUT2D eigenvalue weighted by atomic mass is 127. The van der Waals surface area contributed by atoms with Gasteiger partial charge >= 0.3 is 0 Å². The molecule has 3 rings (SSSR count). The van der Waals surface area contributed by atoms with Crippen LogP contribution in [0.5, 0.6) is 11.5 Å². The minimum absolute atomic E-state index is 0. The fraction of sp³-hybridized carbons (Fsp3) is 0.708. The second-order valence-electron chi connectivity index (χ2n) is 8.97. The number of nitrogens with one attached hydrogen (secondary N) is 2. The number of methoxy groups -OCH3 is 1. The van der Waals surface area contributed by atoms with Crippen LogP contribution < -0.4 is 20.1 Å². The monoisotopic (exact) mass is 560 g/mol. The van der Waals surface area contributed by atoms with E-state index < -0.39 is 0 Å². The third-order valence-corrected chi connectivity index (χ3v) is 6.14. The quantitative estimate of drug-likeness (QED) is 0.272. The molecule has 0 spiro atoms. The second kappa shape index (κ2) is 13.4. The number of hydrogen-bond acceptors (Lipinski definition) is 5. The standard InChI is InChI=1S/C24H40N4O3.HI/c1-5-25-23(27-18-24(2,3)28-12-14-30-15-13-28)26-17-19-10-11-21(22(16-19)29-4)31-20-8-6-7-9-20;/h10-11,16,20H,5-9,12-15,17-18H2,1-4H3,(H2,25,26,27);1H. The maximum atomic E-state index is 6.15. The smallest absolute Gasteiger partial charge is 0.191 e. The molecule has 32 heavy (non-hydrogen) atoms. The minimum Gasteiger partial charge on any atom is -0.493 e. The summed E-state index contributed by atoms with van der Waals surface area (Å²) in [6.45, 7) is 12.4. The fourth-order valence-electron chi connectivity index (χ4n) is 4.19. The van der Waals surface area contributed by atoms with E-state index in [0.29, 0.717) is 12.6 Å². The predicted octanol–water partition coefficient (Wildman–Crippen LogP) is 3.80. The zero-order valence-electron chi connectivity index (χ0n) is 20.1. The van der Waals surface area contributed by atoms with E-state index >= 15 is 0 Å². The summed E-state index contributed by atoms with van der Waals surface area (Å²) in [5, 5.41) is 6.87. The van der Waals surface area contributed by atoms with Crippen molar-refractivity contribution in [2.24, 2.45) is 4.99 Å². The highest BCUT2D eigenvalue weighted by molar-refractivity contribution is 14.0. The molecule has 2 fully saturated rings. The van der Waals surface area contributed by atoms with Crippen LogP contribution >= 0.6 is 24.0 Å². The van der Waals surface area contributed by atoms with Crippen LogP contribution in [-0.4, -0.2) is 69.0 Å². The van der Waals surface area contributed by atoms with Crippen LogP contribution in [0, 0.1) is 0 Å². The Kier molecular flexibility index (Phi) is 11.3. The van der Waals surface area contributed by atoms with Gasteiger partial charge in [0, 0.05) is 31.7 Å². The van der Waals surface area contributed by atoms with Crippen LogP contribution in [0.15, 0.2) is 23.2 Å². The lowest BCUT2D eigenvalue weighted by atomic mass is 10.0. The molecule has 182 valence electrons. The van der Waals surface area contributed by atoms with Crippen molar-refractivity contribution in [2.45, 2.75) is 64.6 Å². The van der Waals surface area contributed by atoms with E-state index in [0.717, 1.165) is 75.3 Å². The lowest BCUT2D eigenvalue weighted by Crippen LogP contribution is -2.56. The van der Waals surface area contributed by atoms with E-state index in [1.54, 1.807) is 7.11 Å². The Morgan fingerprint density at radius 1 is 1.16 bits per heavy atom. The van der Waals surface area contributed by atoms with Crippen molar-refractivity contribution in [2.75, 3.05) is 46.5 Å². The molecule has 1 aromatic carbocycles. The van der Waals surface area contributed by atoms with E-state index in [1.807, 2.05) is 12.1 Å². The molecule has 1 saturated carbocycles. The summed E-state index contributed by atoms with van der Waals surface area (Å²) in [7, 11) is 1.70. The lowest BCUT2D eigenvalue weighted by Gasteiger charge is -2.41. The Bertz CT molecular complexity index is 717. The first-order chi connectivity index (χ1) is 15.0. The molecular formula is C24H41IN4O3. The largest absolute Gasteiger partial charge is 0.493 e. The highest BCUT2D eigenvalue weighted by Crippen LogP contribution is 2.32. The Labute approximate surface area is 210 Å². The van der Waals surface area contributed by atoms with Gasteiger partial charge in [0.1, 0.15) is 0 Å². The van der Waals surface area contributed by atoms with Crippen LogP contribution in [0.4, 0.5) is 0 Å². The topological polar surface area (TPSA) is 67.4 Å². The van der Waals surface area contributed by atoms with Gasteiger partial charge in [-0.1, -0.05) is 6.07 Å². The summed E-state index contributed by atoms with van der Waals surface area (Å²) in [6, 6.07) is 6.14. The molecular weight excluding hydrogens is 519 g/mol. The first-order valence-electron chi connectivity index (χ1n) is 11.7. The van der Waals surface area contributed by atoms with Crippen molar-refractivity contribution in [1.82, 2.24) is 15.5 Å². The Balaban J connectivity index is 0.00000363. The molecule has 8 heteroatoms. The van der Waals surface area contributed by atoms with Crippen molar-refractivity contribution in [1.29, 1.82) is 0 Å². The number of benzene rings is 1. The molecule has 2 N–H and O–H groups in total. The van der Waals surface area contributed by atoms with Gasteiger partial charge in [0.25, 0.3) is 0 Å². The average molecular weight is 561 g/mol. The highest BCUT2D eigenvalue weighted by Gasteiger charge is 2.28. The van der Waals surface area contributed by atoms with E-state index in [2.05, 4.69) is 42.4 Å². The van der Waals surface area contributed by atoms with E-state index in [1.165, 1.54) is 12.8 Å². The maximum Gasteiger partial charge on any atom is 0.191 e. The lowest BCUT2D eigenvalue weighted by molar-refractivity contribution is -0.00834. The van der Waals surface area contributed by atoms with Gasteiger partial charge in [0.05, 0.1) is 33.0 Å². The van der Waals surface area contributed by atoms with Gasteiger partial charge in [-0.25, -0.2) is 4.99 Å². The van der Waals surface area contributed by atoms with Crippen molar-refractivity contribution in [3.63, 3.8) is 0 Å². The Hall–Kier alpha value is -1.26. The molecule has 0 radical (unpaired) electrons. The summed E-state index contributed by atoms with van der Waals surface area (Å²) in [6.07, 6.45) is 5.09. The van der Waals surface area contributed by atoms with Crippen LogP contribution in [0.1, 0.15) is 52.0 Å². The minimum atomic E-state index is 0. The number of morpholine rings is 1. The van der Waals surface area contributed by atoms with Gasteiger partial charge in [-0.05, 0) is 64.2 Å². The van der Waals surface area contributed by atoms with Crippen molar-refractivity contribution >= 4 is 29.9 Å². The van der Waals surface area contributed by atoms with Crippen molar-refractivity contribution in [3.8, 4) is 11.5 Å². The van der Waals surface area contributed by atoms with Gasteiger partial charge < -0.3 is 24.8 Å². The molecule has 0 unspecified atom stereocenters. The molecule has 1 heterocycles. The molecule has 1 saturated heterocycles. The maximum absolute atomic E-state index is 6.15. The van der Waals surface area contributed by atoms with Crippen LogP contribution in [0.25, 0.3) is 0 Å². The van der Waals surface area contributed by atoms with Gasteiger partial charge in [0.2, 0.25) is 0 Å². The summed E-state index contributed by atoms with van der Waals surface area (Å²) < 4.78 is 17.2. The third kappa shape index (κ3) is 7.95. The van der Waals surface area contributed by atoms with Gasteiger partial charge in [-0.2, -0.15) is 0 Å². The molecule has 1 aliphatic carbocycles. The van der Waals surface area contributed by atoms with Gasteiger partial charge in [-0.3, -0.25) is 4.90 Å². The van der Waals surface area contributed by atoms with Gasteiger partial charge in [-0.15, -0.1) is 24.0 Å². The van der Waals surface area contributed by atoms with Crippen molar-refractivity contribution in [3.05, 3.63) is 23.8 Å². The summed E-state index contributed by atoms with van der Waals surface area (Å²) >= 11 is 0. The van der Waals surface area contributed by atoms with Crippen molar-refractivity contribution < 1.29 is 14.2 Å². The molecule has 0 bridgehead atoms. The predicted molar refractivity (Wildman–Crippen MR) is 141 cm³/mol. The molecule has 0 aromatic heterocycles. The molecule has 1 aliphatic heterocycles. The number of rotatable bonds is 9. The first kappa shape index (κ1) is 27.0. The fourth-order valence-corrected chi connectivity index (χ4v) is 4.19. The SMILES string of the molecule is CCNC(=NCc1ccc(OC2CCCC2)c(OC)c1)NCC(C)(C)N1CCOCC1.I. The van der Waals surface area contributed by atoms with Gasteiger partial charge in [0.15, 0.2) is 17.5 Å². The second-order valence-corrected chi connectivity index (χ2v) is 8.97. The Morgan fingerprint density at radius 2 is 1.88 bits per heavy atom. The summed E-state index contributed by atoms with van der Waals surface area (Å²) in [5.74, 6) is 2.44. The van der Waals surface area contributed by atoms with E-state index in [-0.39, 0.29) is 29.5 Å². The molecule has 0 atom stereocenters. The molecule has 1 aromatic rings. The molecule has 0 amide bonds. The summed E-state index contributed by atoms with van der Waals surface area (Å²) in [5.41, 5.74) is 1.13. The number of nitrogens with zero attached hydrogens (tertiary/aromatic N) is 2.